The van der Waals surface area contributed by atoms with Crippen LogP contribution in [0.1, 0.15) is 53.7 Å². The SMILES string of the molecule is CCC(CC)N(CCO)CC(=O)c1c(C)cc(C)cc1C. The van der Waals surface area contributed by atoms with E-state index in [1.807, 2.05) is 13.8 Å². The van der Waals surface area contributed by atoms with Gasteiger partial charge in [-0.15, -0.1) is 0 Å². The van der Waals surface area contributed by atoms with Gasteiger partial charge in [0.2, 0.25) is 0 Å². The molecule has 118 valence electrons. The van der Waals surface area contributed by atoms with Gasteiger partial charge in [0.25, 0.3) is 0 Å². The van der Waals surface area contributed by atoms with Crippen LogP contribution in [0.5, 0.6) is 0 Å². The molecule has 21 heavy (non-hydrogen) atoms. The van der Waals surface area contributed by atoms with Crippen LogP contribution in [0.4, 0.5) is 0 Å². The minimum Gasteiger partial charge on any atom is -0.395 e. The highest BCUT2D eigenvalue weighted by atomic mass is 16.3. The van der Waals surface area contributed by atoms with Crippen molar-refractivity contribution in [2.45, 2.75) is 53.5 Å². The fourth-order valence-corrected chi connectivity index (χ4v) is 3.21. The van der Waals surface area contributed by atoms with Crippen LogP contribution in [-0.4, -0.2) is 41.5 Å². The van der Waals surface area contributed by atoms with Crippen LogP contribution in [0.2, 0.25) is 0 Å². The van der Waals surface area contributed by atoms with E-state index in [0.29, 0.717) is 19.1 Å². The number of ketones is 1. The molecule has 0 aliphatic rings. The molecule has 0 aromatic heterocycles. The number of nitrogens with zero attached hydrogens (tertiary/aromatic N) is 1. The molecule has 0 radical (unpaired) electrons. The first-order valence-corrected chi connectivity index (χ1v) is 7.90. The Morgan fingerprint density at radius 2 is 1.67 bits per heavy atom. The molecule has 1 rings (SSSR count). The van der Waals surface area contributed by atoms with E-state index in [4.69, 9.17) is 0 Å². The van der Waals surface area contributed by atoms with E-state index in [-0.39, 0.29) is 12.4 Å². The van der Waals surface area contributed by atoms with E-state index in [2.05, 4.69) is 37.8 Å². The van der Waals surface area contributed by atoms with Gasteiger partial charge in [0.05, 0.1) is 13.2 Å². The summed E-state index contributed by atoms with van der Waals surface area (Å²) in [5, 5.41) is 9.25. The third-order valence-electron chi connectivity index (χ3n) is 4.15. The molecular formula is C18H29NO2. The first-order chi connectivity index (χ1) is 9.94. The second-order valence-corrected chi connectivity index (χ2v) is 5.86. The van der Waals surface area contributed by atoms with Gasteiger partial charge in [0.1, 0.15) is 0 Å². The highest BCUT2D eigenvalue weighted by molar-refractivity contribution is 6.00. The van der Waals surface area contributed by atoms with Crippen molar-refractivity contribution in [3.63, 3.8) is 0 Å². The summed E-state index contributed by atoms with van der Waals surface area (Å²) in [5.74, 6) is 0.158. The van der Waals surface area contributed by atoms with Crippen molar-refractivity contribution < 1.29 is 9.90 Å². The number of hydrogen-bond donors (Lipinski definition) is 1. The van der Waals surface area contributed by atoms with Crippen molar-refractivity contribution in [2.75, 3.05) is 19.7 Å². The van der Waals surface area contributed by atoms with E-state index in [1.165, 1.54) is 5.56 Å². The summed E-state index contributed by atoms with van der Waals surface area (Å²) in [7, 11) is 0. The van der Waals surface area contributed by atoms with Gasteiger partial charge in [0.15, 0.2) is 5.78 Å². The molecular weight excluding hydrogens is 262 g/mol. The van der Waals surface area contributed by atoms with Crippen LogP contribution in [0.3, 0.4) is 0 Å². The van der Waals surface area contributed by atoms with Crippen LogP contribution in [-0.2, 0) is 0 Å². The van der Waals surface area contributed by atoms with Crippen LogP contribution in [0, 0.1) is 20.8 Å². The second kappa shape index (κ2) is 8.30. The predicted molar refractivity (Wildman–Crippen MR) is 88.0 cm³/mol. The summed E-state index contributed by atoms with van der Waals surface area (Å²) in [4.78, 5) is 14.8. The molecule has 0 spiro atoms. The first-order valence-electron chi connectivity index (χ1n) is 7.90. The van der Waals surface area contributed by atoms with E-state index >= 15 is 0 Å². The molecule has 0 saturated carbocycles. The van der Waals surface area contributed by atoms with Gasteiger partial charge in [-0.25, -0.2) is 0 Å². The molecule has 1 aromatic carbocycles. The van der Waals surface area contributed by atoms with Crippen molar-refractivity contribution in [3.8, 4) is 0 Å². The molecule has 0 saturated heterocycles. The average Bonchev–Trinajstić information content (AvgIpc) is 2.38. The monoisotopic (exact) mass is 291 g/mol. The number of carbonyl (C=O) groups is 1. The molecule has 3 heteroatoms. The van der Waals surface area contributed by atoms with Crippen LogP contribution in [0.15, 0.2) is 12.1 Å². The summed E-state index contributed by atoms with van der Waals surface area (Å²) in [6.07, 6.45) is 1.99. The smallest absolute Gasteiger partial charge is 0.177 e. The van der Waals surface area contributed by atoms with Gasteiger partial charge in [-0.1, -0.05) is 31.5 Å². The molecule has 0 aliphatic heterocycles. The number of aliphatic hydroxyl groups excluding tert-OH is 1. The molecule has 3 nitrogen and oxygen atoms in total. The Kier molecular flexibility index (Phi) is 7.06. The van der Waals surface area contributed by atoms with E-state index in [9.17, 15) is 9.90 Å². The summed E-state index contributed by atoms with van der Waals surface area (Å²) < 4.78 is 0. The largest absolute Gasteiger partial charge is 0.395 e. The van der Waals surface area contributed by atoms with E-state index < -0.39 is 0 Å². The fourth-order valence-electron chi connectivity index (χ4n) is 3.21. The summed E-state index contributed by atoms with van der Waals surface area (Å²) >= 11 is 0. The maximum atomic E-state index is 12.7. The third-order valence-corrected chi connectivity index (χ3v) is 4.15. The van der Waals surface area contributed by atoms with Crippen molar-refractivity contribution in [1.29, 1.82) is 0 Å². The Hall–Kier alpha value is -1.19. The van der Waals surface area contributed by atoms with Gasteiger partial charge >= 0.3 is 0 Å². The summed E-state index contributed by atoms with van der Waals surface area (Å²) in [6.45, 7) is 11.4. The Balaban J connectivity index is 2.97. The van der Waals surface area contributed by atoms with E-state index in [0.717, 1.165) is 29.5 Å². The van der Waals surface area contributed by atoms with Gasteiger partial charge in [-0.05, 0) is 44.7 Å². The van der Waals surface area contributed by atoms with Gasteiger partial charge in [-0.2, -0.15) is 0 Å². The lowest BCUT2D eigenvalue weighted by atomic mass is 9.96. The van der Waals surface area contributed by atoms with Crippen molar-refractivity contribution in [2.24, 2.45) is 0 Å². The summed E-state index contributed by atoms with van der Waals surface area (Å²) in [6, 6.07) is 4.48. The zero-order chi connectivity index (χ0) is 16.0. The zero-order valence-electron chi connectivity index (χ0n) is 14.1. The van der Waals surface area contributed by atoms with Gasteiger partial charge in [-0.3, -0.25) is 9.69 Å². The molecule has 1 aromatic rings. The number of carbonyl (C=O) groups excluding carboxylic acids is 1. The first kappa shape index (κ1) is 17.9. The molecule has 0 atom stereocenters. The number of hydrogen-bond acceptors (Lipinski definition) is 3. The maximum Gasteiger partial charge on any atom is 0.177 e. The molecule has 0 bridgehead atoms. The number of Topliss-reactive ketones (excluding diaryl/α,β-unsaturated/α-hetero) is 1. The number of aryl methyl sites for hydroxylation is 3. The highest BCUT2D eigenvalue weighted by Crippen LogP contribution is 2.18. The Labute approximate surface area is 129 Å². The molecule has 0 aliphatic carbocycles. The standard InChI is InChI=1S/C18H29NO2/c1-6-16(7-2)19(8-9-20)12-17(21)18-14(4)10-13(3)11-15(18)5/h10-11,16,20H,6-9,12H2,1-5H3. The van der Waals surface area contributed by atoms with Crippen LogP contribution in [0.25, 0.3) is 0 Å². The normalized spacial score (nSPS) is 11.4. The Morgan fingerprint density at radius 3 is 2.10 bits per heavy atom. The van der Waals surface area contributed by atoms with Gasteiger partial charge < -0.3 is 5.11 Å². The number of aliphatic hydroxyl groups is 1. The molecule has 0 heterocycles. The zero-order valence-corrected chi connectivity index (χ0v) is 14.1. The Bertz CT molecular complexity index is 455. The Morgan fingerprint density at radius 1 is 1.14 bits per heavy atom. The topological polar surface area (TPSA) is 40.5 Å². The fraction of sp³-hybridized carbons (Fsp3) is 0.611. The molecule has 1 N–H and O–H groups in total. The molecule has 0 unspecified atom stereocenters. The summed E-state index contributed by atoms with van der Waals surface area (Å²) in [5.41, 5.74) is 4.13. The number of benzene rings is 1. The van der Waals surface area contributed by atoms with Gasteiger partial charge in [0, 0.05) is 18.2 Å². The lowest BCUT2D eigenvalue weighted by Gasteiger charge is -2.29. The molecule has 0 amide bonds. The van der Waals surface area contributed by atoms with Crippen LogP contribution >= 0.6 is 0 Å². The average molecular weight is 291 g/mol. The second-order valence-electron chi connectivity index (χ2n) is 5.86. The van der Waals surface area contributed by atoms with E-state index in [1.54, 1.807) is 0 Å². The minimum absolute atomic E-state index is 0.0929. The van der Waals surface area contributed by atoms with Crippen molar-refractivity contribution in [3.05, 3.63) is 34.4 Å². The minimum atomic E-state index is 0.0929. The third kappa shape index (κ3) is 4.65. The number of rotatable bonds is 8. The maximum absolute atomic E-state index is 12.7. The lowest BCUT2D eigenvalue weighted by molar-refractivity contribution is 0.0849. The molecule has 0 fully saturated rings. The van der Waals surface area contributed by atoms with Crippen molar-refractivity contribution in [1.82, 2.24) is 4.90 Å². The highest BCUT2D eigenvalue weighted by Gasteiger charge is 2.20. The van der Waals surface area contributed by atoms with Crippen molar-refractivity contribution >= 4 is 5.78 Å². The van der Waals surface area contributed by atoms with Crippen LogP contribution < -0.4 is 0 Å². The quantitative estimate of drug-likeness (QED) is 0.747. The lowest BCUT2D eigenvalue weighted by Crippen LogP contribution is -2.40. The predicted octanol–water partition coefficient (Wildman–Crippen LogP) is 3.28.